The molecule has 0 spiro atoms. The summed E-state index contributed by atoms with van der Waals surface area (Å²) in [6.07, 6.45) is 1.72. The number of hydrogen-bond acceptors (Lipinski definition) is 2. The summed E-state index contributed by atoms with van der Waals surface area (Å²) in [6.45, 7) is 0. The molecule has 0 aromatic rings. The van der Waals surface area contributed by atoms with Gasteiger partial charge in [-0.2, -0.15) is 0 Å². The van der Waals surface area contributed by atoms with Crippen LogP contribution in [0.5, 0.6) is 0 Å². The molecule has 0 aromatic heterocycles. The highest BCUT2D eigenvalue weighted by Crippen LogP contribution is 1.87. The predicted molar refractivity (Wildman–Crippen MR) is 28.9 cm³/mol. The van der Waals surface area contributed by atoms with E-state index in [2.05, 4.69) is 5.31 Å². The summed E-state index contributed by atoms with van der Waals surface area (Å²) in [5, 5.41) is 4.19. The minimum atomic E-state index is -0.958. The molecule has 2 nitrogen and oxygen atoms in total. The van der Waals surface area contributed by atoms with Crippen molar-refractivity contribution >= 4 is 10.2 Å². The maximum atomic E-state index is 10.3. The Morgan fingerprint density at radius 3 is 2.71 bits per heavy atom. The Balaban J connectivity index is 3.03. The molecule has 0 atom stereocenters. The van der Waals surface area contributed by atoms with E-state index < -0.39 is 10.2 Å². The van der Waals surface area contributed by atoms with Crippen molar-refractivity contribution in [1.29, 1.82) is 0 Å². The van der Waals surface area contributed by atoms with Crippen LogP contribution in [0.25, 0.3) is 0 Å². The first-order valence-corrected chi connectivity index (χ1v) is 3.08. The normalized spacial score (nSPS) is 16.7. The lowest BCUT2D eigenvalue weighted by molar-refractivity contribution is 0.670. The first kappa shape index (κ1) is 4.50. The third-order valence-electron chi connectivity index (χ3n) is 0.642. The lowest BCUT2D eigenvalue weighted by Crippen LogP contribution is -1.95. The zero-order valence-corrected chi connectivity index (χ0v) is 4.73. The van der Waals surface area contributed by atoms with Gasteiger partial charge in [-0.3, -0.25) is 0 Å². The zero-order chi connectivity index (χ0) is 5.28. The molecule has 0 amide bonds. The summed E-state index contributed by atoms with van der Waals surface area (Å²) in [7, 11) is 0.835. The van der Waals surface area contributed by atoms with E-state index in [1.54, 1.807) is 23.6 Å². The Kier molecular flexibility index (Phi) is 0.929. The van der Waals surface area contributed by atoms with E-state index >= 15 is 0 Å². The summed E-state index contributed by atoms with van der Waals surface area (Å²) in [5.41, 5.74) is 0. The van der Waals surface area contributed by atoms with E-state index in [1.165, 1.54) is 0 Å². The minimum Gasteiger partial charge on any atom is -0.307 e. The fourth-order valence-corrected chi connectivity index (χ4v) is 1.05. The molecule has 0 saturated carbocycles. The third kappa shape index (κ3) is 0.856. The van der Waals surface area contributed by atoms with E-state index in [1.807, 2.05) is 0 Å². The van der Waals surface area contributed by atoms with Gasteiger partial charge in [0.1, 0.15) is 0 Å². The molecule has 1 heterocycles. The van der Waals surface area contributed by atoms with Crippen molar-refractivity contribution in [2.24, 2.45) is 0 Å². The molecule has 0 fully saturated rings. The van der Waals surface area contributed by atoms with Crippen LogP contribution in [0.2, 0.25) is 0 Å². The predicted octanol–water partition coefficient (Wildman–Crippen LogP) is 0.0684. The Morgan fingerprint density at radius 2 is 2.57 bits per heavy atom. The van der Waals surface area contributed by atoms with Crippen LogP contribution in [0.1, 0.15) is 0 Å². The van der Waals surface area contributed by atoms with Crippen LogP contribution in [0.15, 0.2) is 11.6 Å². The second-order valence-electron chi connectivity index (χ2n) is 1.28. The second-order valence-corrected chi connectivity index (χ2v) is 2.33. The topological polar surface area (TPSA) is 20.3 Å². The van der Waals surface area contributed by atoms with Crippen molar-refractivity contribution in [3.63, 3.8) is 0 Å². The zero-order valence-electron chi connectivity index (χ0n) is 3.92. The van der Waals surface area contributed by atoms with Gasteiger partial charge in [0, 0.05) is 18.7 Å². The maximum Gasteiger partial charge on any atom is 0.0704 e. The maximum absolute atomic E-state index is 10.3. The molecular formula is C4H5NOS. The van der Waals surface area contributed by atoms with Gasteiger partial charge in [0.05, 0.1) is 15.5 Å². The molecule has 0 saturated heterocycles. The highest BCUT2D eigenvalue weighted by molar-refractivity contribution is 7.77. The quantitative estimate of drug-likeness (QED) is 0.445. The molecule has 38 valence electrons. The molecule has 1 aliphatic heterocycles. The lowest BCUT2D eigenvalue weighted by Gasteiger charge is -1.92. The summed E-state index contributed by atoms with van der Waals surface area (Å²) in [5.74, 6) is 0. The average Bonchev–Trinajstić information content (AvgIpc) is 1.87. The van der Waals surface area contributed by atoms with Gasteiger partial charge in [0.2, 0.25) is 0 Å². The van der Waals surface area contributed by atoms with Crippen LogP contribution in [-0.2, 0) is 10.2 Å². The molecule has 0 aliphatic carbocycles. The molecule has 7 heavy (non-hydrogen) atoms. The monoisotopic (exact) mass is 115 g/mol. The van der Waals surface area contributed by atoms with Crippen molar-refractivity contribution in [3.8, 4) is 5.31 Å². The Labute approximate surface area is 44.1 Å². The molecule has 1 aliphatic rings. The lowest BCUT2D eigenvalue weighted by atomic mass is 10.9. The van der Waals surface area contributed by atoms with E-state index in [-0.39, 0.29) is 0 Å². The van der Waals surface area contributed by atoms with Crippen molar-refractivity contribution in [1.82, 2.24) is 4.90 Å². The Bertz CT molecular complexity index is 220. The SMILES string of the molecule is CN1C#S(=O)C=C1. The fraction of sp³-hybridized carbons (Fsp3) is 0.250. The third-order valence-corrected chi connectivity index (χ3v) is 1.48. The smallest absolute Gasteiger partial charge is 0.0704 e. The highest BCUT2D eigenvalue weighted by atomic mass is 32.2. The Hall–Kier alpha value is -0.660. The summed E-state index contributed by atoms with van der Waals surface area (Å²) in [6, 6.07) is 0. The van der Waals surface area contributed by atoms with Gasteiger partial charge in [0.15, 0.2) is 0 Å². The second kappa shape index (κ2) is 1.45. The van der Waals surface area contributed by atoms with Gasteiger partial charge in [-0.05, 0) is 0 Å². The Morgan fingerprint density at radius 1 is 1.86 bits per heavy atom. The van der Waals surface area contributed by atoms with Crippen molar-refractivity contribution in [2.45, 2.75) is 0 Å². The molecule has 0 radical (unpaired) electrons. The fourth-order valence-electron chi connectivity index (χ4n) is 0.349. The molecule has 3 heteroatoms. The van der Waals surface area contributed by atoms with Gasteiger partial charge < -0.3 is 4.90 Å². The van der Waals surface area contributed by atoms with Gasteiger partial charge in [-0.1, -0.05) is 0 Å². The van der Waals surface area contributed by atoms with Crippen molar-refractivity contribution in [2.75, 3.05) is 7.05 Å². The minimum absolute atomic E-state index is 0.958. The van der Waals surface area contributed by atoms with Gasteiger partial charge in [-0.15, -0.1) is 0 Å². The van der Waals surface area contributed by atoms with Crippen LogP contribution in [-0.4, -0.2) is 16.2 Å². The molecule has 0 N–H and O–H groups in total. The van der Waals surface area contributed by atoms with E-state index in [4.69, 9.17) is 0 Å². The average molecular weight is 115 g/mol. The van der Waals surface area contributed by atoms with Crippen molar-refractivity contribution < 1.29 is 4.21 Å². The molecule has 1 rings (SSSR count). The van der Waals surface area contributed by atoms with Crippen LogP contribution in [0.3, 0.4) is 0 Å². The van der Waals surface area contributed by atoms with Gasteiger partial charge >= 0.3 is 0 Å². The van der Waals surface area contributed by atoms with Crippen LogP contribution in [0, 0.1) is 5.31 Å². The summed E-state index contributed by atoms with van der Waals surface area (Å²) >= 11 is 0. The number of rotatable bonds is 0. The molecule has 0 aromatic carbocycles. The summed E-state index contributed by atoms with van der Waals surface area (Å²) < 4.78 is 10.3. The first-order valence-electron chi connectivity index (χ1n) is 1.87. The molecular weight excluding hydrogens is 110 g/mol. The summed E-state index contributed by atoms with van der Waals surface area (Å²) in [4.78, 5) is 1.65. The highest BCUT2D eigenvalue weighted by Gasteiger charge is 1.87. The largest absolute Gasteiger partial charge is 0.307 e. The standard InChI is InChI=1S/C4H5NOS/c1-5-2-3-7(6)4-5/h2-3H,1H3. The van der Waals surface area contributed by atoms with Crippen LogP contribution < -0.4 is 0 Å². The molecule has 0 unspecified atom stereocenters. The van der Waals surface area contributed by atoms with E-state index in [0.717, 1.165) is 0 Å². The van der Waals surface area contributed by atoms with Gasteiger partial charge in [0.25, 0.3) is 0 Å². The number of nitrogens with zero attached hydrogens (tertiary/aromatic N) is 1. The number of hydrogen-bond donors (Lipinski definition) is 0. The van der Waals surface area contributed by atoms with Gasteiger partial charge in [-0.25, -0.2) is 4.21 Å². The first-order chi connectivity index (χ1) is 3.29. The van der Waals surface area contributed by atoms with Crippen LogP contribution >= 0.6 is 0 Å². The van der Waals surface area contributed by atoms with E-state index in [9.17, 15) is 4.21 Å². The van der Waals surface area contributed by atoms with E-state index in [0.29, 0.717) is 0 Å². The molecule has 0 bridgehead atoms. The van der Waals surface area contributed by atoms with Crippen LogP contribution in [0.4, 0.5) is 0 Å². The van der Waals surface area contributed by atoms with Crippen molar-refractivity contribution in [3.05, 3.63) is 11.6 Å².